The number of aryl methyl sites for hydroxylation is 2. The molecule has 0 spiro atoms. The third kappa shape index (κ3) is 4.03. The summed E-state index contributed by atoms with van der Waals surface area (Å²) in [6, 6.07) is 15.0. The number of hydrogen-bond donors (Lipinski definition) is 1. The quantitative estimate of drug-likeness (QED) is 0.742. The van der Waals surface area contributed by atoms with Crippen LogP contribution in [-0.2, 0) is 11.2 Å². The molecular formula is C19H17ClN2O2. The molecular weight excluding hydrogens is 324 g/mol. The van der Waals surface area contributed by atoms with Crippen molar-refractivity contribution in [1.29, 1.82) is 0 Å². The van der Waals surface area contributed by atoms with Crippen LogP contribution < -0.4 is 5.32 Å². The summed E-state index contributed by atoms with van der Waals surface area (Å²) in [7, 11) is 0. The smallest absolute Gasteiger partial charge is 0.230 e. The van der Waals surface area contributed by atoms with Gasteiger partial charge in [0.15, 0.2) is 5.76 Å². The van der Waals surface area contributed by atoms with Crippen LogP contribution in [0.4, 0.5) is 5.69 Å². The second-order valence-corrected chi connectivity index (χ2v) is 6.23. The van der Waals surface area contributed by atoms with Gasteiger partial charge in [0.1, 0.15) is 0 Å². The van der Waals surface area contributed by atoms with Gasteiger partial charge in [0.2, 0.25) is 5.91 Å². The summed E-state index contributed by atoms with van der Waals surface area (Å²) in [6.45, 7) is 4.00. The number of benzene rings is 2. The fourth-order valence-corrected chi connectivity index (χ4v) is 2.69. The van der Waals surface area contributed by atoms with E-state index in [2.05, 4.69) is 16.5 Å². The van der Waals surface area contributed by atoms with Gasteiger partial charge in [-0.3, -0.25) is 4.79 Å². The summed E-state index contributed by atoms with van der Waals surface area (Å²) in [6.07, 6.45) is 0.157. The van der Waals surface area contributed by atoms with Crippen LogP contribution in [0, 0.1) is 13.8 Å². The molecule has 24 heavy (non-hydrogen) atoms. The zero-order chi connectivity index (χ0) is 17.1. The third-order valence-electron chi connectivity index (χ3n) is 3.53. The summed E-state index contributed by atoms with van der Waals surface area (Å²) in [5, 5.41) is 7.51. The molecule has 1 aromatic heterocycles. The van der Waals surface area contributed by atoms with Crippen LogP contribution in [-0.4, -0.2) is 11.1 Å². The Bertz CT molecular complexity index is 849. The van der Waals surface area contributed by atoms with Gasteiger partial charge in [-0.25, -0.2) is 0 Å². The van der Waals surface area contributed by atoms with Crippen LogP contribution in [0.15, 0.2) is 53.1 Å². The van der Waals surface area contributed by atoms with Crippen molar-refractivity contribution >= 4 is 23.2 Å². The highest BCUT2D eigenvalue weighted by Crippen LogP contribution is 2.22. The highest BCUT2D eigenvalue weighted by Gasteiger charge is 2.11. The van der Waals surface area contributed by atoms with E-state index in [0.717, 1.165) is 22.4 Å². The molecule has 0 aliphatic heterocycles. The molecule has 0 aliphatic rings. The summed E-state index contributed by atoms with van der Waals surface area (Å²) in [5.74, 6) is 0.483. The van der Waals surface area contributed by atoms with Crippen LogP contribution in [0.1, 0.15) is 16.8 Å². The van der Waals surface area contributed by atoms with Crippen molar-refractivity contribution in [2.75, 3.05) is 5.32 Å². The van der Waals surface area contributed by atoms with Gasteiger partial charge in [0.05, 0.1) is 12.1 Å². The van der Waals surface area contributed by atoms with Gasteiger partial charge in [-0.15, -0.1) is 0 Å². The number of rotatable bonds is 4. The summed E-state index contributed by atoms with van der Waals surface area (Å²) < 4.78 is 5.31. The number of nitrogens with one attached hydrogen (secondary N) is 1. The van der Waals surface area contributed by atoms with Crippen LogP contribution in [0.25, 0.3) is 11.3 Å². The Morgan fingerprint density at radius 1 is 1.08 bits per heavy atom. The number of carbonyl (C=O) groups is 1. The Kier molecular flexibility index (Phi) is 4.67. The van der Waals surface area contributed by atoms with E-state index in [1.54, 1.807) is 18.2 Å². The Balaban J connectivity index is 1.68. The molecule has 0 bridgehead atoms. The lowest BCUT2D eigenvalue weighted by atomic mass is 10.1. The number of hydrogen-bond acceptors (Lipinski definition) is 3. The standard InChI is InChI=1S/C19H17ClN2O2/c1-12-7-13(2)9-16(8-12)21-19(23)11-17-10-18(24-22-17)14-3-5-15(20)6-4-14/h3-10H,11H2,1-2H3,(H,21,23). The normalized spacial score (nSPS) is 10.6. The first-order valence-electron chi connectivity index (χ1n) is 7.59. The molecule has 3 aromatic rings. The van der Waals surface area contributed by atoms with Crippen molar-refractivity contribution in [3.63, 3.8) is 0 Å². The van der Waals surface area contributed by atoms with Crippen molar-refractivity contribution in [2.24, 2.45) is 0 Å². The first-order chi connectivity index (χ1) is 11.5. The number of nitrogens with zero attached hydrogens (tertiary/aromatic N) is 1. The fraction of sp³-hybridized carbons (Fsp3) is 0.158. The van der Waals surface area contributed by atoms with Crippen LogP contribution in [0.5, 0.6) is 0 Å². The molecule has 0 radical (unpaired) electrons. The first-order valence-corrected chi connectivity index (χ1v) is 7.97. The van der Waals surface area contributed by atoms with E-state index < -0.39 is 0 Å². The van der Waals surface area contributed by atoms with Gasteiger partial charge in [-0.2, -0.15) is 0 Å². The molecule has 4 nitrogen and oxygen atoms in total. The molecule has 0 unspecified atom stereocenters. The van der Waals surface area contributed by atoms with Gasteiger partial charge in [-0.05, 0) is 61.4 Å². The number of anilines is 1. The maximum Gasteiger partial charge on any atom is 0.230 e. The highest BCUT2D eigenvalue weighted by atomic mass is 35.5. The van der Waals surface area contributed by atoms with Gasteiger partial charge in [-0.1, -0.05) is 22.8 Å². The average Bonchev–Trinajstić information content (AvgIpc) is 2.95. The molecule has 0 atom stereocenters. The van der Waals surface area contributed by atoms with Crippen molar-refractivity contribution in [3.05, 3.63) is 70.4 Å². The number of aromatic nitrogens is 1. The molecule has 0 saturated carbocycles. The number of halogens is 1. The highest BCUT2D eigenvalue weighted by molar-refractivity contribution is 6.30. The van der Waals surface area contributed by atoms with Gasteiger partial charge < -0.3 is 9.84 Å². The molecule has 1 N–H and O–H groups in total. The zero-order valence-corrected chi connectivity index (χ0v) is 14.2. The second-order valence-electron chi connectivity index (χ2n) is 5.79. The van der Waals surface area contributed by atoms with Gasteiger partial charge in [0, 0.05) is 22.3 Å². The van der Waals surface area contributed by atoms with Gasteiger partial charge >= 0.3 is 0 Å². The monoisotopic (exact) mass is 340 g/mol. The van der Waals surface area contributed by atoms with Crippen LogP contribution in [0.3, 0.4) is 0 Å². The van der Waals surface area contributed by atoms with Crippen molar-refractivity contribution in [3.8, 4) is 11.3 Å². The first kappa shape index (κ1) is 16.3. The Hall–Kier alpha value is -2.59. The molecule has 0 saturated heterocycles. The number of amides is 1. The SMILES string of the molecule is Cc1cc(C)cc(NC(=O)Cc2cc(-c3ccc(Cl)cc3)on2)c1. The van der Waals surface area contributed by atoms with Crippen molar-refractivity contribution < 1.29 is 9.32 Å². The Labute approximate surface area is 145 Å². The molecule has 2 aromatic carbocycles. The van der Waals surface area contributed by atoms with E-state index in [9.17, 15) is 4.79 Å². The summed E-state index contributed by atoms with van der Waals surface area (Å²) >= 11 is 5.87. The maximum atomic E-state index is 12.2. The molecule has 0 fully saturated rings. The summed E-state index contributed by atoms with van der Waals surface area (Å²) in [4.78, 5) is 12.2. The number of carbonyl (C=O) groups excluding carboxylic acids is 1. The van der Waals surface area contributed by atoms with E-state index in [-0.39, 0.29) is 12.3 Å². The third-order valence-corrected chi connectivity index (χ3v) is 3.79. The van der Waals surface area contributed by atoms with Crippen molar-refractivity contribution in [2.45, 2.75) is 20.3 Å². The minimum absolute atomic E-state index is 0.129. The maximum absolute atomic E-state index is 12.2. The van der Waals surface area contributed by atoms with E-state index in [4.69, 9.17) is 16.1 Å². The Morgan fingerprint density at radius 3 is 2.42 bits per heavy atom. The van der Waals surface area contributed by atoms with E-state index in [0.29, 0.717) is 16.5 Å². The lowest BCUT2D eigenvalue weighted by Gasteiger charge is -2.06. The van der Waals surface area contributed by atoms with Gasteiger partial charge in [0.25, 0.3) is 0 Å². The fourth-order valence-electron chi connectivity index (χ4n) is 2.56. The lowest BCUT2D eigenvalue weighted by Crippen LogP contribution is -2.14. The van der Waals surface area contributed by atoms with Crippen LogP contribution >= 0.6 is 11.6 Å². The van der Waals surface area contributed by atoms with Crippen LogP contribution in [0.2, 0.25) is 5.02 Å². The predicted molar refractivity (Wildman–Crippen MR) is 95.2 cm³/mol. The molecule has 1 amide bonds. The topological polar surface area (TPSA) is 55.1 Å². The Morgan fingerprint density at radius 2 is 1.75 bits per heavy atom. The van der Waals surface area contributed by atoms with E-state index >= 15 is 0 Å². The van der Waals surface area contributed by atoms with Crippen molar-refractivity contribution in [1.82, 2.24) is 5.16 Å². The average molecular weight is 341 g/mol. The molecule has 122 valence electrons. The second kappa shape index (κ2) is 6.89. The predicted octanol–water partition coefficient (Wildman–Crippen LogP) is 4.79. The van der Waals surface area contributed by atoms with E-state index in [1.165, 1.54) is 0 Å². The summed E-state index contributed by atoms with van der Waals surface area (Å²) in [5.41, 5.74) is 4.46. The molecule has 0 aliphatic carbocycles. The largest absolute Gasteiger partial charge is 0.356 e. The zero-order valence-electron chi connectivity index (χ0n) is 13.5. The minimum Gasteiger partial charge on any atom is -0.356 e. The van der Waals surface area contributed by atoms with E-state index in [1.807, 2.05) is 38.1 Å². The molecule has 5 heteroatoms. The molecule has 3 rings (SSSR count). The molecule has 1 heterocycles. The minimum atomic E-state index is -0.129. The lowest BCUT2D eigenvalue weighted by molar-refractivity contribution is -0.115.